The van der Waals surface area contributed by atoms with Crippen molar-refractivity contribution in [2.45, 2.75) is 58.8 Å². The minimum Gasteiger partial charge on any atom is -0.497 e. The lowest BCUT2D eigenvalue weighted by atomic mass is 9.91. The maximum atomic E-state index is 13.9. The van der Waals surface area contributed by atoms with Crippen molar-refractivity contribution in [3.63, 3.8) is 0 Å². The van der Waals surface area contributed by atoms with Crippen molar-refractivity contribution >= 4 is 34.5 Å². The Labute approximate surface area is 252 Å². The van der Waals surface area contributed by atoms with Gasteiger partial charge in [0.05, 0.1) is 13.2 Å². The summed E-state index contributed by atoms with van der Waals surface area (Å²) in [4.78, 5) is 37.9. The SMILES string of the molecule is COc1cccc(CN(C(=O)CC(C)(C)C)[C@H]2C[C@@H](C(=O)N3CCNCC3)N(Cc3ccc(-c4cccs4)s3)C2)c1. The molecule has 2 saturated heterocycles. The number of carbonyl (C=O) groups excluding carboxylic acids is 2. The molecule has 41 heavy (non-hydrogen) atoms. The van der Waals surface area contributed by atoms with Gasteiger partial charge in [0.2, 0.25) is 11.8 Å². The zero-order valence-electron chi connectivity index (χ0n) is 24.6. The summed E-state index contributed by atoms with van der Waals surface area (Å²) >= 11 is 3.55. The molecule has 0 bridgehead atoms. The van der Waals surface area contributed by atoms with E-state index < -0.39 is 0 Å². The van der Waals surface area contributed by atoms with Crippen LogP contribution in [0.4, 0.5) is 0 Å². The Morgan fingerprint density at radius 1 is 1.07 bits per heavy atom. The summed E-state index contributed by atoms with van der Waals surface area (Å²) in [5.41, 5.74) is 0.904. The van der Waals surface area contributed by atoms with Crippen LogP contribution in [0, 0.1) is 5.41 Å². The summed E-state index contributed by atoms with van der Waals surface area (Å²) in [5.74, 6) is 1.11. The van der Waals surface area contributed by atoms with E-state index in [9.17, 15) is 9.59 Å². The number of likely N-dealkylation sites (tertiary alicyclic amines) is 1. The van der Waals surface area contributed by atoms with Gasteiger partial charge in [-0.2, -0.15) is 0 Å². The minimum atomic E-state index is -0.249. The van der Waals surface area contributed by atoms with Gasteiger partial charge in [-0.25, -0.2) is 0 Å². The molecule has 2 aliphatic rings. The monoisotopic (exact) mass is 594 g/mol. The van der Waals surface area contributed by atoms with Gasteiger partial charge in [-0.3, -0.25) is 14.5 Å². The first-order valence-electron chi connectivity index (χ1n) is 14.5. The van der Waals surface area contributed by atoms with E-state index in [0.717, 1.165) is 37.5 Å². The third-order valence-electron chi connectivity index (χ3n) is 7.81. The number of thiophene rings is 2. The van der Waals surface area contributed by atoms with Gasteiger partial charge in [0.1, 0.15) is 5.75 Å². The average Bonchev–Trinajstić information content (AvgIpc) is 3.73. The quantitative estimate of drug-likeness (QED) is 0.363. The summed E-state index contributed by atoms with van der Waals surface area (Å²) in [6.45, 7) is 11.3. The number of nitrogens with one attached hydrogen (secondary N) is 1. The standard InChI is InChI=1S/C32H42N4O3S2/c1-32(2,3)19-30(37)36(20-23-7-5-8-25(17-23)39-4)24-18-27(31(38)34-14-12-33-13-15-34)35(21-24)22-26-10-11-29(41-26)28-9-6-16-40-28/h5-11,16-17,24,27,33H,12-15,18-22H2,1-4H3/t24-,27-/m0/s1. The van der Waals surface area contributed by atoms with E-state index in [2.05, 4.69) is 60.6 Å². The Hall–Kier alpha value is -2.72. The highest BCUT2D eigenvalue weighted by molar-refractivity contribution is 7.21. The van der Waals surface area contributed by atoms with Gasteiger partial charge in [-0.1, -0.05) is 39.0 Å². The molecule has 1 N–H and O–H groups in total. The Kier molecular flexibility index (Phi) is 9.49. The molecule has 0 spiro atoms. The lowest BCUT2D eigenvalue weighted by molar-refractivity contribution is -0.138. The molecule has 3 aromatic rings. The second-order valence-corrected chi connectivity index (χ2v) is 14.4. The molecule has 2 aromatic heterocycles. The first-order chi connectivity index (χ1) is 19.7. The van der Waals surface area contributed by atoms with Crippen molar-refractivity contribution in [1.82, 2.24) is 20.0 Å². The topological polar surface area (TPSA) is 65.1 Å². The first-order valence-corrected chi connectivity index (χ1v) is 16.2. The number of piperazine rings is 1. The molecule has 0 saturated carbocycles. The smallest absolute Gasteiger partial charge is 0.240 e. The van der Waals surface area contributed by atoms with E-state index >= 15 is 0 Å². The van der Waals surface area contributed by atoms with Crippen LogP contribution in [0.25, 0.3) is 9.75 Å². The van der Waals surface area contributed by atoms with Crippen LogP contribution in [0.3, 0.4) is 0 Å². The van der Waals surface area contributed by atoms with Crippen molar-refractivity contribution in [3.05, 3.63) is 64.4 Å². The van der Waals surface area contributed by atoms with Crippen molar-refractivity contribution in [1.29, 1.82) is 0 Å². The number of carbonyl (C=O) groups is 2. The average molecular weight is 595 g/mol. The highest BCUT2D eigenvalue weighted by atomic mass is 32.1. The number of amides is 2. The number of benzene rings is 1. The number of nitrogens with zero attached hydrogens (tertiary/aromatic N) is 3. The molecule has 0 radical (unpaired) electrons. The summed E-state index contributed by atoms with van der Waals surface area (Å²) in [6, 6.07) is 16.3. The molecular formula is C32H42N4O3S2. The maximum Gasteiger partial charge on any atom is 0.240 e. The third kappa shape index (κ3) is 7.57. The van der Waals surface area contributed by atoms with E-state index in [4.69, 9.17) is 4.74 Å². The fraction of sp³-hybridized carbons (Fsp3) is 0.500. The normalized spacial score (nSPS) is 19.9. The number of rotatable bonds is 9. The van der Waals surface area contributed by atoms with Crippen molar-refractivity contribution in [2.75, 3.05) is 39.8 Å². The van der Waals surface area contributed by atoms with E-state index in [0.29, 0.717) is 32.5 Å². The van der Waals surface area contributed by atoms with Crippen LogP contribution in [0.2, 0.25) is 0 Å². The van der Waals surface area contributed by atoms with Gasteiger partial charge in [-0.05, 0) is 53.1 Å². The molecule has 2 atom stereocenters. The summed E-state index contributed by atoms with van der Waals surface area (Å²) in [6.07, 6.45) is 1.10. The van der Waals surface area contributed by atoms with Crippen molar-refractivity contribution in [3.8, 4) is 15.5 Å². The van der Waals surface area contributed by atoms with Crippen LogP contribution in [-0.2, 0) is 22.7 Å². The predicted octanol–water partition coefficient (Wildman–Crippen LogP) is 5.32. The summed E-state index contributed by atoms with van der Waals surface area (Å²) in [7, 11) is 1.66. The zero-order valence-corrected chi connectivity index (χ0v) is 26.2. The second kappa shape index (κ2) is 13.1. The van der Waals surface area contributed by atoms with Crippen LogP contribution in [0.15, 0.2) is 53.9 Å². The molecule has 0 aliphatic carbocycles. The van der Waals surface area contributed by atoms with Crippen LogP contribution in [-0.4, -0.2) is 78.4 Å². The van der Waals surface area contributed by atoms with Crippen molar-refractivity contribution in [2.24, 2.45) is 5.41 Å². The third-order valence-corrected chi connectivity index (χ3v) is 9.95. The van der Waals surface area contributed by atoms with E-state index in [1.165, 1.54) is 14.6 Å². The molecule has 4 heterocycles. The minimum absolute atomic E-state index is 0.0513. The molecule has 220 valence electrons. The highest BCUT2D eigenvalue weighted by Gasteiger charge is 2.42. The van der Waals surface area contributed by atoms with E-state index in [-0.39, 0.29) is 29.3 Å². The molecule has 2 aliphatic heterocycles. The van der Waals surface area contributed by atoms with Crippen molar-refractivity contribution < 1.29 is 14.3 Å². The number of ether oxygens (including phenoxy) is 1. The van der Waals surface area contributed by atoms with Crippen LogP contribution >= 0.6 is 22.7 Å². The highest BCUT2D eigenvalue weighted by Crippen LogP contribution is 2.35. The van der Waals surface area contributed by atoms with E-state index in [1.807, 2.05) is 34.1 Å². The first kappa shape index (κ1) is 29.8. The zero-order chi connectivity index (χ0) is 29.0. The Morgan fingerprint density at radius 2 is 1.88 bits per heavy atom. The Morgan fingerprint density at radius 3 is 2.59 bits per heavy atom. The maximum absolute atomic E-state index is 13.9. The van der Waals surface area contributed by atoms with Crippen LogP contribution < -0.4 is 10.1 Å². The largest absolute Gasteiger partial charge is 0.497 e. The van der Waals surface area contributed by atoms with Crippen LogP contribution in [0.1, 0.15) is 44.1 Å². The van der Waals surface area contributed by atoms with Gasteiger partial charge in [0.15, 0.2) is 0 Å². The molecule has 2 amide bonds. The number of hydrogen-bond acceptors (Lipinski definition) is 7. The molecule has 7 nitrogen and oxygen atoms in total. The molecular weight excluding hydrogens is 553 g/mol. The van der Waals surface area contributed by atoms with Gasteiger partial charge in [0, 0.05) is 72.9 Å². The fourth-order valence-corrected chi connectivity index (χ4v) is 7.66. The molecule has 2 fully saturated rings. The van der Waals surface area contributed by atoms with Gasteiger partial charge >= 0.3 is 0 Å². The summed E-state index contributed by atoms with van der Waals surface area (Å²) in [5, 5.41) is 5.46. The number of hydrogen-bond donors (Lipinski definition) is 1. The number of methoxy groups -OCH3 is 1. The Bertz CT molecular complexity index is 1310. The van der Waals surface area contributed by atoms with E-state index in [1.54, 1.807) is 29.8 Å². The lowest BCUT2D eigenvalue weighted by Crippen LogP contribution is -2.52. The second-order valence-electron chi connectivity index (χ2n) is 12.3. The predicted molar refractivity (Wildman–Crippen MR) is 167 cm³/mol. The van der Waals surface area contributed by atoms with Gasteiger partial charge in [0.25, 0.3) is 0 Å². The lowest BCUT2D eigenvalue weighted by Gasteiger charge is -2.32. The Balaban J connectivity index is 1.41. The fourth-order valence-electron chi connectivity index (χ4n) is 5.79. The summed E-state index contributed by atoms with van der Waals surface area (Å²) < 4.78 is 5.47. The van der Waals surface area contributed by atoms with Gasteiger partial charge in [-0.15, -0.1) is 22.7 Å². The molecule has 5 rings (SSSR count). The molecule has 1 aromatic carbocycles. The molecule has 0 unspecified atom stereocenters. The van der Waals surface area contributed by atoms with Crippen LogP contribution in [0.5, 0.6) is 5.75 Å². The molecule has 9 heteroatoms. The van der Waals surface area contributed by atoms with Gasteiger partial charge < -0.3 is 19.9 Å².